The van der Waals surface area contributed by atoms with Gasteiger partial charge in [-0.25, -0.2) is 4.98 Å². The molecule has 8 heteroatoms. The Hall–Kier alpha value is -2.87. The van der Waals surface area contributed by atoms with Crippen LogP contribution in [0, 0.1) is 0 Å². The molecule has 0 aliphatic heterocycles. The molecule has 0 fully saturated rings. The highest BCUT2D eigenvalue weighted by Crippen LogP contribution is 2.19. The monoisotopic (exact) mass is 369 g/mol. The molecular formula is C18H19N5O2S. The number of aromatic amines is 1. The van der Waals surface area contributed by atoms with Gasteiger partial charge in [0.2, 0.25) is 11.1 Å². The van der Waals surface area contributed by atoms with E-state index in [0.29, 0.717) is 16.7 Å². The summed E-state index contributed by atoms with van der Waals surface area (Å²) in [7, 11) is 1.75. The molecule has 0 atom stereocenters. The lowest BCUT2D eigenvalue weighted by molar-refractivity contribution is -0.117. The number of benzene rings is 1. The fraction of sp³-hybridized carbons (Fsp3) is 0.222. The van der Waals surface area contributed by atoms with Crippen molar-refractivity contribution in [3.63, 3.8) is 0 Å². The Morgan fingerprint density at radius 1 is 1.23 bits per heavy atom. The van der Waals surface area contributed by atoms with Crippen LogP contribution in [0.15, 0.2) is 47.8 Å². The third-order valence-corrected chi connectivity index (χ3v) is 4.71. The molecule has 3 aromatic rings. The van der Waals surface area contributed by atoms with Gasteiger partial charge >= 0.3 is 0 Å². The normalized spacial score (nSPS) is 10.7. The lowest BCUT2D eigenvalue weighted by atomic mass is 10.1. The second-order valence-electron chi connectivity index (χ2n) is 5.69. The number of imide groups is 1. The third kappa shape index (κ3) is 4.20. The van der Waals surface area contributed by atoms with E-state index in [1.54, 1.807) is 29.9 Å². The number of hydrogen-bond donors (Lipinski definition) is 2. The van der Waals surface area contributed by atoms with Crippen LogP contribution in [0.5, 0.6) is 0 Å². The summed E-state index contributed by atoms with van der Waals surface area (Å²) in [5, 5.41) is 9.80. The number of aromatic nitrogens is 4. The summed E-state index contributed by atoms with van der Waals surface area (Å²) < 4.78 is 1.65. The summed E-state index contributed by atoms with van der Waals surface area (Å²) in [5.41, 5.74) is 2.62. The van der Waals surface area contributed by atoms with Crippen molar-refractivity contribution in [1.82, 2.24) is 25.1 Å². The molecule has 2 aromatic heterocycles. The van der Waals surface area contributed by atoms with Crippen molar-refractivity contribution in [2.24, 2.45) is 7.05 Å². The van der Waals surface area contributed by atoms with Gasteiger partial charge in [-0.1, -0.05) is 43.0 Å². The molecule has 0 saturated heterocycles. The van der Waals surface area contributed by atoms with Crippen molar-refractivity contribution in [3.05, 3.63) is 53.9 Å². The van der Waals surface area contributed by atoms with Crippen LogP contribution < -0.4 is 5.32 Å². The molecule has 0 bridgehead atoms. The topological polar surface area (TPSA) is 92.7 Å². The molecule has 3 rings (SSSR count). The number of amides is 2. The molecule has 0 spiro atoms. The maximum Gasteiger partial charge on any atom is 0.274 e. The molecular weight excluding hydrogens is 350 g/mol. The van der Waals surface area contributed by atoms with Gasteiger partial charge in [0.1, 0.15) is 5.69 Å². The van der Waals surface area contributed by atoms with Crippen LogP contribution in [0.2, 0.25) is 0 Å². The van der Waals surface area contributed by atoms with Crippen molar-refractivity contribution < 1.29 is 9.59 Å². The van der Waals surface area contributed by atoms with Crippen LogP contribution in [0.1, 0.15) is 23.0 Å². The molecule has 2 amide bonds. The molecule has 2 heterocycles. The van der Waals surface area contributed by atoms with Crippen molar-refractivity contribution in [1.29, 1.82) is 0 Å². The third-order valence-electron chi connectivity index (χ3n) is 3.86. The van der Waals surface area contributed by atoms with Gasteiger partial charge < -0.3 is 4.57 Å². The summed E-state index contributed by atoms with van der Waals surface area (Å²) in [6.45, 7) is 2.10. The van der Waals surface area contributed by atoms with E-state index < -0.39 is 5.91 Å². The van der Waals surface area contributed by atoms with Crippen LogP contribution in [0.4, 0.5) is 0 Å². The van der Waals surface area contributed by atoms with Crippen LogP contribution in [0.3, 0.4) is 0 Å². The van der Waals surface area contributed by atoms with Gasteiger partial charge in [-0.05, 0) is 24.1 Å². The summed E-state index contributed by atoms with van der Waals surface area (Å²) in [4.78, 5) is 28.3. The minimum atomic E-state index is -0.421. The van der Waals surface area contributed by atoms with E-state index in [2.05, 4.69) is 27.4 Å². The van der Waals surface area contributed by atoms with E-state index in [9.17, 15) is 9.59 Å². The van der Waals surface area contributed by atoms with Crippen LogP contribution >= 0.6 is 11.8 Å². The van der Waals surface area contributed by atoms with E-state index in [0.717, 1.165) is 12.0 Å². The summed E-state index contributed by atoms with van der Waals surface area (Å²) in [6, 6.07) is 11.5. The first-order valence-electron chi connectivity index (χ1n) is 8.17. The number of hydrogen-bond acceptors (Lipinski definition) is 5. The Kier molecular flexibility index (Phi) is 5.52. The highest BCUT2D eigenvalue weighted by atomic mass is 32.2. The van der Waals surface area contributed by atoms with Crippen molar-refractivity contribution in [2.45, 2.75) is 18.5 Å². The number of rotatable bonds is 6. The molecule has 134 valence electrons. The Morgan fingerprint density at radius 2 is 2.00 bits per heavy atom. The zero-order chi connectivity index (χ0) is 18.5. The van der Waals surface area contributed by atoms with Gasteiger partial charge in [-0.15, -0.1) is 5.10 Å². The quantitative estimate of drug-likeness (QED) is 0.651. The highest BCUT2D eigenvalue weighted by molar-refractivity contribution is 7.99. The van der Waals surface area contributed by atoms with Gasteiger partial charge in [0.15, 0.2) is 5.82 Å². The lowest BCUT2D eigenvalue weighted by Crippen LogP contribution is -2.32. The summed E-state index contributed by atoms with van der Waals surface area (Å²) in [6.07, 6.45) is 2.73. The molecule has 0 unspecified atom stereocenters. The summed E-state index contributed by atoms with van der Waals surface area (Å²) in [5.74, 6) is -0.104. The Bertz CT molecular complexity index is 914. The number of nitrogens with zero attached hydrogens (tertiary/aromatic N) is 3. The van der Waals surface area contributed by atoms with Crippen LogP contribution in [-0.2, 0) is 18.3 Å². The second-order valence-corrected chi connectivity index (χ2v) is 6.63. The maximum atomic E-state index is 12.0. The number of thioether (sulfide) groups is 1. The predicted molar refractivity (Wildman–Crippen MR) is 99.8 cm³/mol. The molecule has 0 aliphatic rings. The van der Waals surface area contributed by atoms with Crippen molar-refractivity contribution in [2.75, 3.05) is 5.75 Å². The molecule has 0 aliphatic carbocycles. The average molecular weight is 369 g/mol. The van der Waals surface area contributed by atoms with E-state index in [-0.39, 0.29) is 11.7 Å². The first-order valence-corrected chi connectivity index (χ1v) is 9.15. The van der Waals surface area contributed by atoms with Gasteiger partial charge in [0.05, 0.1) is 5.75 Å². The Morgan fingerprint density at radius 3 is 2.65 bits per heavy atom. The Labute approximate surface area is 155 Å². The smallest absolute Gasteiger partial charge is 0.274 e. The van der Waals surface area contributed by atoms with Crippen LogP contribution in [0.25, 0.3) is 11.4 Å². The second kappa shape index (κ2) is 8.01. The Balaban J connectivity index is 1.55. The molecule has 1 aromatic carbocycles. The maximum absolute atomic E-state index is 12.0. The van der Waals surface area contributed by atoms with E-state index in [4.69, 9.17) is 0 Å². The first kappa shape index (κ1) is 17.9. The SMILES string of the molecule is CCc1ccc(-c2nc(SCC(=O)NC(=O)c3cccn3C)n[nH]2)cc1. The zero-order valence-electron chi connectivity index (χ0n) is 14.5. The van der Waals surface area contributed by atoms with E-state index in [1.807, 2.05) is 24.3 Å². The minimum absolute atomic E-state index is 0.0578. The van der Waals surface area contributed by atoms with E-state index in [1.165, 1.54) is 17.3 Å². The number of H-pyrrole nitrogens is 1. The van der Waals surface area contributed by atoms with Gasteiger partial charge in [0.25, 0.3) is 5.91 Å². The van der Waals surface area contributed by atoms with Crippen molar-refractivity contribution >= 4 is 23.6 Å². The van der Waals surface area contributed by atoms with E-state index >= 15 is 0 Å². The molecule has 7 nitrogen and oxygen atoms in total. The molecule has 26 heavy (non-hydrogen) atoms. The zero-order valence-corrected chi connectivity index (χ0v) is 15.3. The van der Waals surface area contributed by atoms with Gasteiger partial charge in [-0.2, -0.15) is 0 Å². The number of nitrogens with one attached hydrogen (secondary N) is 2. The predicted octanol–water partition coefficient (Wildman–Crippen LogP) is 2.42. The minimum Gasteiger partial charge on any atom is -0.347 e. The fourth-order valence-electron chi connectivity index (χ4n) is 2.39. The fourth-order valence-corrected chi connectivity index (χ4v) is 2.99. The van der Waals surface area contributed by atoms with Gasteiger partial charge in [0, 0.05) is 18.8 Å². The molecule has 0 saturated carbocycles. The molecule has 0 radical (unpaired) electrons. The van der Waals surface area contributed by atoms with Crippen LogP contribution in [-0.4, -0.2) is 37.3 Å². The van der Waals surface area contributed by atoms with Gasteiger partial charge in [-0.3, -0.25) is 20.0 Å². The van der Waals surface area contributed by atoms with Crippen molar-refractivity contribution in [3.8, 4) is 11.4 Å². The highest BCUT2D eigenvalue weighted by Gasteiger charge is 2.14. The summed E-state index contributed by atoms with van der Waals surface area (Å²) >= 11 is 1.17. The molecule has 2 N–H and O–H groups in total. The lowest BCUT2D eigenvalue weighted by Gasteiger charge is -2.04. The average Bonchev–Trinajstić information content (AvgIpc) is 3.29. The largest absolute Gasteiger partial charge is 0.347 e. The number of aryl methyl sites for hydroxylation is 2. The number of carbonyl (C=O) groups is 2. The standard InChI is InChI=1S/C18H19N5O2S/c1-3-12-6-8-13(9-7-12)16-20-18(22-21-16)26-11-15(24)19-17(25)14-5-4-10-23(14)2/h4-10H,3,11H2,1-2H3,(H,19,24,25)(H,20,21,22). The number of carbonyl (C=O) groups excluding carboxylic acids is 2. The first-order chi connectivity index (χ1) is 12.6.